The van der Waals surface area contributed by atoms with E-state index in [1.807, 2.05) is 0 Å². The Kier molecular flexibility index (Phi) is 12.6. The maximum atomic E-state index is 8.88. The van der Waals surface area contributed by atoms with Crippen LogP contribution >= 0.6 is 7.82 Å². The Balaban J connectivity index is -0.0000000133. The zero-order valence-corrected chi connectivity index (χ0v) is 6.58. The van der Waals surface area contributed by atoms with Crippen LogP contribution < -0.4 is 0 Å². The van der Waals surface area contributed by atoms with Crippen molar-refractivity contribution in [2.75, 3.05) is 0 Å². The monoisotopic (exact) mass is 151 g/mol. The Bertz CT molecular complexity index is 64.7. The van der Waals surface area contributed by atoms with Gasteiger partial charge in [0.15, 0.2) is 0 Å². The first-order valence-corrected chi connectivity index (χ1v) is 2.35. The maximum absolute atomic E-state index is 8.88. The van der Waals surface area contributed by atoms with Crippen LogP contribution in [0.3, 0.4) is 0 Å². The Morgan fingerprint density at radius 3 is 1.29 bits per heavy atom. The fraction of sp³-hybridized carbons (Fsp3) is 0. The van der Waals surface area contributed by atoms with Crippen molar-refractivity contribution in [2.24, 2.45) is 0 Å². The van der Waals surface area contributed by atoms with E-state index in [0.29, 0.717) is 0 Å². The maximum Gasteiger partial charge on any atom is 2.00 e. The molecule has 0 amide bonds. The van der Waals surface area contributed by atoms with Gasteiger partial charge < -0.3 is 17.5 Å². The third kappa shape index (κ3) is 107. The molecule has 3 radical (unpaired) electrons. The van der Waals surface area contributed by atoms with Crippen LogP contribution in [-0.2, 0) is 4.57 Å². The molecule has 0 heterocycles. The van der Waals surface area contributed by atoms with Crippen molar-refractivity contribution in [3.05, 3.63) is 0 Å². The van der Waals surface area contributed by atoms with Crippen molar-refractivity contribution in [2.45, 2.75) is 0 Å². The topological polar surface area (TPSA) is 77.8 Å². The first-order valence-electron chi connectivity index (χ1n) is 0.783. The summed E-state index contributed by atoms with van der Waals surface area (Å²) in [7, 11) is -4.64. The molecule has 0 saturated carbocycles. The minimum atomic E-state index is -4.64. The minimum Gasteiger partial charge on any atom is -1.00 e. The summed E-state index contributed by atoms with van der Waals surface area (Å²) in [5.74, 6) is 0. The molecule has 7 heteroatoms. The Morgan fingerprint density at radius 2 is 1.29 bits per heavy atom. The molecule has 0 unspecified atom stereocenters. The quantitative estimate of drug-likeness (QED) is 0.292. The molecular formula is H5BCaO4P. The second-order valence-electron chi connectivity index (χ2n) is 0.513. The summed E-state index contributed by atoms with van der Waals surface area (Å²) in [5, 5.41) is 0. The van der Waals surface area contributed by atoms with E-state index >= 15 is 0 Å². The van der Waals surface area contributed by atoms with Gasteiger partial charge in [0.25, 0.3) is 0 Å². The summed E-state index contributed by atoms with van der Waals surface area (Å²) in [6, 6.07) is 0. The standard InChI is InChI=1S/B.Ca.H3O4P.2H/c;;1-5(2,3)4;;/h;;(H3,1,2,3,4);;/q;+2;;2*-1. The van der Waals surface area contributed by atoms with E-state index in [-0.39, 0.29) is 49.0 Å². The molecule has 39 valence electrons. The molecule has 3 N–H and O–H groups in total. The number of rotatable bonds is 0. The molecule has 0 aliphatic carbocycles. The molecule has 7 heavy (non-hydrogen) atoms. The number of phosphoric acid groups is 1. The van der Waals surface area contributed by atoms with Crippen molar-refractivity contribution in [1.29, 1.82) is 0 Å². The summed E-state index contributed by atoms with van der Waals surface area (Å²) in [5.41, 5.74) is 0. The largest absolute Gasteiger partial charge is 2.00 e. The van der Waals surface area contributed by atoms with Gasteiger partial charge in [0.1, 0.15) is 0 Å². The smallest absolute Gasteiger partial charge is 1.00 e. The van der Waals surface area contributed by atoms with Gasteiger partial charge in [-0.1, -0.05) is 0 Å². The van der Waals surface area contributed by atoms with Gasteiger partial charge >= 0.3 is 45.6 Å². The first-order chi connectivity index (χ1) is 2.00. The molecule has 4 nitrogen and oxygen atoms in total. The van der Waals surface area contributed by atoms with Gasteiger partial charge in [-0.05, 0) is 0 Å². The molecule has 0 atom stereocenters. The second kappa shape index (κ2) is 5.57. The normalized spacial score (nSPS) is 8.43. The fourth-order valence-corrected chi connectivity index (χ4v) is 0. The SMILES string of the molecule is O=P(O)(O)O.[B].[Ca+2].[H-].[H-]. The van der Waals surface area contributed by atoms with Crippen molar-refractivity contribution in [3.8, 4) is 0 Å². The zero-order valence-electron chi connectivity index (χ0n) is 5.48. The predicted molar refractivity (Wildman–Crippen MR) is 28.0 cm³/mol. The van der Waals surface area contributed by atoms with Gasteiger partial charge in [-0.25, -0.2) is 4.57 Å². The van der Waals surface area contributed by atoms with Crippen LogP contribution in [0.1, 0.15) is 2.85 Å². The average molecular weight is 151 g/mol. The van der Waals surface area contributed by atoms with E-state index in [9.17, 15) is 0 Å². The molecule has 0 fully saturated rings. The van der Waals surface area contributed by atoms with Crippen LogP contribution in [0, 0.1) is 0 Å². The van der Waals surface area contributed by atoms with Crippen molar-refractivity contribution in [3.63, 3.8) is 0 Å². The van der Waals surface area contributed by atoms with Crippen molar-refractivity contribution >= 4 is 54.0 Å². The Morgan fingerprint density at radius 1 is 1.29 bits per heavy atom. The summed E-state index contributed by atoms with van der Waals surface area (Å²) >= 11 is 0. The van der Waals surface area contributed by atoms with Gasteiger partial charge in [0, 0.05) is 8.41 Å². The van der Waals surface area contributed by atoms with E-state index in [2.05, 4.69) is 0 Å². The van der Waals surface area contributed by atoms with E-state index in [4.69, 9.17) is 19.2 Å². The second-order valence-corrected chi connectivity index (χ2v) is 1.54. The predicted octanol–water partition coefficient (Wildman–Crippen LogP) is -1.47. The molecule has 0 bridgehead atoms. The summed E-state index contributed by atoms with van der Waals surface area (Å²) in [6.45, 7) is 0. The Hall–Kier alpha value is 1.43. The third-order valence-electron chi connectivity index (χ3n) is 0. The summed E-state index contributed by atoms with van der Waals surface area (Å²) in [6.07, 6.45) is 0. The average Bonchev–Trinajstić information content (AvgIpc) is 0.722. The van der Waals surface area contributed by atoms with Crippen LogP contribution in [0.5, 0.6) is 0 Å². The molecule has 0 aliphatic heterocycles. The molecule has 0 saturated heterocycles. The Labute approximate surface area is 75.7 Å². The van der Waals surface area contributed by atoms with E-state index < -0.39 is 7.82 Å². The van der Waals surface area contributed by atoms with Crippen LogP contribution in [0.15, 0.2) is 0 Å². The summed E-state index contributed by atoms with van der Waals surface area (Å²) in [4.78, 5) is 21.6. The zero-order chi connectivity index (χ0) is 4.50. The molecule has 0 aromatic heterocycles. The van der Waals surface area contributed by atoms with Crippen LogP contribution in [0.2, 0.25) is 0 Å². The van der Waals surface area contributed by atoms with Gasteiger partial charge in [-0.3, -0.25) is 0 Å². The minimum absolute atomic E-state index is 0. The van der Waals surface area contributed by atoms with Crippen LogP contribution in [0.4, 0.5) is 0 Å². The third-order valence-corrected chi connectivity index (χ3v) is 0. The van der Waals surface area contributed by atoms with Gasteiger partial charge in [-0.15, -0.1) is 0 Å². The van der Waals surface area contributed by atoms with Crippen LogP contribution in [0.25, 0.3) is 0 Å². The summed E-state index contributed by atoms with van der Waals surface area (Å²) < 4.78 is 8.88. The van der Waals surface area contributed by atoms with Crippen molar-refractivity contribution < 1.29 is 22.1 Å². The molecule has 0 aromatic rings. The fourth-order valence-electron chi connectivity index (χ4n) is 0. The molecule has 0 spiro atoms. The van der Waals surface area contributed by atoms with E-state index in [1.54, 1.807) is 0 Å². The van der Waals surface area contributed by atoms with Gasteiger partial charge in [-0.2, -0.15) is 0 Å². The van der Waals surface area contributed by atoms with Crippen LogP contribution in [-0.4, -0.2) is 60.8 Å². The van der Waals surface area contributed by atoms with Gasteiger partial charge in [0.05, 0.1) is 0 Å². The molecular weight excluding hydrogens is 146 g/mol. The van der Waals surface area contributed by atoms with Crippen molar-refractivity contribution in [1.82, 2.24) is 0 Å². The first kappa shape index (κ1) is 15.8. The van der Waals surface area contributed by atoms with Gasteiger partial charge in [0.2, 0.25) is 0 Å². The molecule has 0 rings (SSSR count). The molecule has 0 aromatic carbocycles. The van der Waals surface area contributed by atoms with E-state index in [1.165, 1.54) is 0 Å². The van der Waals surface area contributed by atoms with E-state index in [0.717, 1.165) is 0 Å². The molecule has 0 aliphatic rings. The number of hydrogen-bond donors (Lipinski definition) is 3. The number of hydrogen-bond acceptors (Lipinski definition) is 1.